The van der Waals surface area contributed by atoms with Crippen LogP contribution in [0, 0.1) is 0 Å². The lowest BCUT2D eigenvalue weighted by molar-refractivity contribution is -0.141. The molecule has 2 atom stereocenters. The molecule has 14 heavy (non-hydrogen) atoms. The van der Waals surface area contributed by atoms with Crippen molar-refractivity contribution in [1.29, 1.82) is 0 Å². The number of carbonyl (C=O) groups excluding carboxylic acids is 1. The number of ether oxygens (including phenoxy) is 2. The van der Waals surface area contributed by atoms with Crippen LogP contribution >= 0.6 is 0 Å². The Hall–Kier alpha value is -1.35. The molecule has 0 bridgehead atoms. The minimum Gasteiger partial charge on any atom is -0.463 e. The Morgan fingerprint density at radius 2 is 2.14 bits per heavy atom. The number of rotatable bonds is 3. The average molecular weight is 192 g/mol. The molecule has 0 radical (unpaired) electrons. The minimum absolute atomic E-state index is 0.0429. The van der Waals surface area contributed by atoms with Gasteiger partial charge in [0.2, 0.25) is 0 Å². The zero-order valence-corrected chi connectivity index (χ0v) is 7.97. The monoisotopic (exact) mass is 192 g/mol. The van der Waals surface area contributed by atoms with Crippen molar-refractivity contribution in [1.82, 2.24) is 0 Å². The van der Waals surface area contributed by atoms with Crippen LogP contribution in [0.4, 0.5) is 0 Å². The van der Waals surface area contributed by atoms with Crippen molar-refractivity contribution in [2.45, 2.75) is 19.1 Å². The number of hydrogen-bond acceptors (Lipinski definition) is 3. The first-order valence-electron chi connectivity index (χ1n) is 4.61. The summed E-state index contributed by atoms with van der Waals surface area (Å²) in [5.74, 6) is -0.257. The molecular formula is C11H12O3. The van der Waals surface area contributed by atoms with E-state index in [9.17, 15) is 4.79 Å². The third kappa shape index (κ3) is 2.12. The van der Waals surface area contributed by atoms with E-state index >= 15 is 0 Å². The van der Waals surface area contributed by atoms with Gasteiger partial charge in [0.25, 0.3) is 0 Å². The summed E-state index contributed by atoms with van der Waals surface area (Å²) in [6, 6.07) is 9.93. The molecule has 1 aliphatic heterocycles. The van der Waals surface area contributed by atoms with Crippen LogP contribution < -0.4 is 0 Å². The van der Waals surface area contributed by atoms with E-state index in [-0.39, 0.29) is 18.2 Å². The second-order valence-corrected chi connectivity index (χ2v) is 3.31. The first-order valence-corrected chi connectivity index (χ1v) is 4.61. The fourth-order valence-corrected chi connectivity index (χ4v) is 1.41. The molecule has 1 aromatic rings. The summed E-state index contributed by atoms with van der Waals surface area (Å²) in [5, 5.41) is 0. The Morgan fingerprint density at radius 1 is 1.43 bits per heavy atom. The number of benzene rings is 1. The second kappa shape index (κ2) is 3.80. The summed E-state index contributed by atoms with van der Waals surface area (Å²) >= 11 is 0. The normalized spacial score (nSPS) is 24.4. The quantitative estimate of drug-likeness (QED) is 0.540. The van der Waals surface area contributed by atoms with Gasteiger partial charge in [0.1, 0.15) is 18.8 Å². The topological polar surface area (TPSA) is 38.8 Å². The van der Waals surface area contributed by atoms with Crippen LogP contribution in [0.25, 0.3) is 0 Å². The molecule has 1 aromatic carbocycles. The van der Waals surface area contributed by atoms with Gasteiger partial charge in [-0.05, 0) is 5.56 Å². The third-order valence-electron chi connectivity index (χ3n) is 2.16. The van der Waals surface area contributed by atoms with Crippen molar-refractivity contribution in [3.63, 3.8) is 0 Å². The van der Waals surface area contributed by atoms with Crippen LogP contribution in [0.5, 0.6) is 0 Å². The lowest BCUT2D eigenvalue weighted by Gasteiger charge is -1.97. The van der Waals surface area contributed by atoms with Crippen molar-refractivity contribution < 1.29 is 14.3 Å². The van der Waals surface area contributed by atoms with Gasteiger partial charge in [-0.25, -0.2) is 0 Å². The molecule has 0 N–H and O–H groups in total. The number of esters is 1. The van der Waals surface area contributed by atoms with Gasteiger partial charge in [0.15, 0.2) is 0 Å². The SMILES string of the molecule is CC(=O)OC[C@@H]1O[C@H]1c1ccccc1. The van der Waals surface area contributed by atoms with Gasteiger partial charge >= 0.3 is 5.97 Å². The highest BCUT2D eigenvalue weighted by molar-refractivity contribution is 5.65. The van der Waals surface area contributed by atoms with E-state index in [0.29, 0.717) is 6.61 Å². The van der Waals surface area contributed by atoms with Gasteiger partial charge in [-0.1, -0.05) is 30.3 Å². The van der Waals surface area contributed by atoms with Crippen LogP contribution in [0.2, 0.25) is 0 Å². The van der Waals surface area contributed by atoms with Crippen molar-refractivity contribution >= 4 is 5.97 Å². The van der Waals surface area contributed by atoms with Gasteiger partial charge in [0.05, 0.1) is 0 Å². The Bertz CT molecular complexity index is 321. The first kappa shape index (κ1) is 9.21. The van der Waals surface area contributed by atoms with Gasteiger partial charge in [0, 0.05) is 6.92 Å². The molecule has 3 nitrogen and oxygen atoms in total. The van der Waals surface area contributed by atoms with Crippen LogP contribution in [0.15, 0.2) is 30.3 Å². The van der Waals surface area contributed by atoms with E-state index in [2.05, 4.69) is 0 Å². The Balaban J connectivity index is 1.85. The summed E-state index contributed by atoms with van der Waals surface area (Å²) in [7, 11) is 0. The van der Waals surface area contributed by atoms with Crippen LogP contribution in [0.1, 0.15) is 18.6 Å². The molecule has 0 spiro atoms. The lowest BCUT2D eigenvalue weighted by Crippen LogP contribution is -2.06. The summed E-state index contributed by atoms with van der Waals surface area (Å²) in [4.78, 5) is 10.5. The van der Waals surface area contributed by atoms with Crippen LogP contribution in [-0.4, -0.2) is 18.7 Å². The van der Waals surface area contributed by atoms with Gasteiger partial charge in [-0.3, -0.25) is 4.79 Å². The predicted molar refractivity (Wildman–Crippen MR) is 50.7 cm³/mol. The minimum atomic E-state index is -0.257. The Labute approximate surface area is 82.6 Å². The standard InChI is InChI=1S/C11H12O3/c1-8(12)13-7-10-11(14-10)9-5-3-2-4-6-9/h2-6,10-11H,7H2,1H3/t10-,11-/m0/s1. The first-order chi connectivity index (χ1) is 6.77. The molecule has 0 amide bonds. The highest BCUT2D eigenvalue weighted by atomic mass is 16.6. The van der Waals surface area contributed by atoms with Gasteiger partial charge in [-0.15, -0.1) is 0 Å². The molecule has 1 aliphatic rings. The molecule has 0 aliphatic carbocycles. The molecule has 1 fully saturated rings. The number of hydrogen-bond donors (Lipinski definition) is 0. The molecule has 0 aromatic heterocycles. The van der Waals surface area contributed by atoms with Crippen molar-refractivity contribution in [3.05, 3.63) is 35.9 Å². The molecule has 0 unspecified atom stereocenters. The Morgan fingerprint density at radius 3 is 2.79 bits per heavy atom. The molecule has 0 saturated carbocycles. The van der Waals surface area contributed by atoms with E-state index in [0.717, 1.165) is 5.56 Å². The molecule has 3 heteroatoms. The fraction of sp³-hybridized carbons (Fsp3) is 0.364. The van der Waals surface area contributed by atoms with E-state index in [1.165, 1.54) is 6.92 Å². The smallest absolute Gasteiger partial charge is 0.302 e. The predicted octanol–water partition coefficient (Wildman–Crippen LogP) is 1.69. The third-order valence-corrected chi connectivity index (χ3v) is 2.16. The number of epoxide rings is 1. The summed E-state index contributed by atoms with van der Waals surface area (Å²) in [6.45, 7) is 1.76. The summed E-state index contributed by atoms with van der Waals surface area (Å²) in [6.07, 6.45) is 0.150. The van der Waals surface area contributed by atoms with Gasteiger partial charge in [-0.2, -0.15) is 0 Å². The number of carbonyl (C=O) groups is 1. The molecular weight excluding hydrogens is 180 g/mol. The van der Waals surface area contributed by atoms with Crippen LogP contribution in [-0.2, 0) is 14.3 Å². The maximum Gasteiger partial charge on any atom is 0.302 e. The molecule has 1 saturated heterocycles. The zero-order chi connectivity index (χ0) is 9.97. The van der Waals surface area contributed by atoms with E-state index in [1.807, 2.05) is 30.3 Å². The van der Waals surface area contributed by atoms with Crippen molar-refractivity contribution in [3.8, 4) is 0 Å². The fourth-order valence-electron chi connectivity index (χ4n) is 1.41. The van der Waals surface area contributed by atoms with Crippen molar-refractivity contribution in [2.75, 3.05) is 6.61 Å². The van der Waals surface area contributed by atoms with Gasteiger partial charge < -0.3 is 9.47 Å². The maximum atomic E-state index is 10.5. The Kier molecular flexibility index (Phi) is 2.50. The van der Waals surface area contributed by atoms with E-state index < -0.39 is 0 Å². The highest BCUT2D eigenvalue weighted by Gasteiger charge is 2.40. The zero-order valence-electron chi connectivity index (χ0n) is 7.97. The largest absolute Gasteiger partial charge is 0.463 e. The molecule has 2 rings (SSSR count). The van der Waals surface area contributed by atoms with Crippen LogP contribution in [0.3, 0.4) is 0 Å². The van der Waals surface area contributed by atoms with E-state index in [1.54, 1.807) is 0 Å². The molecule has 74 valence electrons. The second-order valence-electron chi connectivity index (χ2n) is 3.31. The van der Waals surface area contributed by atoms with E-state index in [4.69, 9.17) is 9.47 Å². The summed E-state index contributed by atoms with van der Waals surface area (Å²) in [5.41, 5.74) is 1.14. The average Bonchev–Trinajstić information content (AvgIpc) is 2.95. The maximum absolute atomic E-state index is 10.5. The molecule has 1 heterocycles. The lowest BCUT2D eigenvalue weighted by atomic mass is 10.1. The highest BCUT2D eigenvalue weighted by Crippen LogP contribution is 2.38. The van der Waals surface area contributed by atoms with Crippen molar-refractivity contribution in [2.24, 2.45) is 0 Å². The summed E-state index contributed by atoms with van der Waals surface area (Å²) < 4.78 is 10.2.